The first kappa shape index (κ1) is 18.3. The van der Waals surface area contributed by atoms with E-state index in [1.54, 1.807) is 0 Å². The molecule has 0 spiro atoms. The molecule has 0 amide bonds. The van der Waals surface area contributed by atoms with Gasteiger partial charge in [-0.3, -0.25) is 0 Å². The lowest BCUT2D eigenvalue weighted by molar-refractivity contribution is 0.367. The molecule has 1 saturated carbocycles. The summed E-state index contributed by atoms with van der Waals surface area (Å²) < 4.78 is 0. The largest absolute Gasteiger partial charge is 0.507 e. The number of hydrogen-bond donors (Lipinski definition) is 2. The molecule has 2 rings (SSSR count). The third-order valence-corrected chi connectivity index (χ3v) is 5.05. The van der Waals surface area contributed by atoms with Crippen molar-refractivity contribution < 1.29 is 5.11 Å². The van der Waals surface area contributed by atoms with Crippen LogP contribution >= 0.6 is 0 Å². The molecule has 0 aliphatic heterocycles. The van der Waals surface area contributed by atoms with Crippen LogP contribution in [0.25, 0.3) is 0 Å². The van der Waals surface area contributed by atoms with Crippen molar-refractivity contribution in [3.05, 3.63) is 28.8 Å². The number of hydrogen-bond acceptors (Lipinski definition) is 2. The molecule has 0 bridgehead atoms. The van der Waals surface area contributed by atoms with Gasteiger partial charge in [-0.25, -0.2) is 0 Å². The van der Waals surface area contributed by atoms with Gasteiger partial charge < -0.3 is 10.4 Å². The Kier molecular flexibility index (Phi) is 5.45. The minimum Gasteiger partial charge on any atom is -0.507 e. The lowest BCUT2D eigenvalue weighted by Gasteiger charge is -2.28. The van der Waals surface area contributed by atoms with E-state index in [4.69, 9.17) is 0 Å². The number of phenols is 1. The monoisotopic (exact) mass is 317 g/mol. The summed E-state index contributed by atoms with van der Waals surface area (Å²) in [5.41, 5.74) is 3.46. The van der Waals surface area contributed by atoms with Crippen molar-refractivity contribution in [2.24, 2.45) is 0 Å². The van der Waals surface area contributed by atoms with Crippen LogP contribution in [-0.4, -0.2) is 11.1 Å². The number of phenolic OH excluding ortho intramolecular Hbond substituents is 1. The summed E-state index contributed by atoms with van der Waals surface area (Å²) in [6.07, 6.45) is 6.58. The molecule has 0 unspecified atom stereocenters. The fourth-order valence-corrected chi connectivity index (χ4v) is 3.40. The predicted molar refractivity (Wildman–Crippen MR) is 99.2 cm³/mol. The van der Waals surface area contributed by atoms with Gasteiger partial charge in [0.1, 0.15) is 5.75 Å². The highest BCUT2D eigenvalue weighted by atomic mass is 16.3. The van der Waals surface area contributed by atoms with Gasteiger partial charge in [0.15, 0.2) is 0 Å². The Labute approximate surface area is 142 Å². The number of benzene rings is 1. The van der Waals surface area contributed by atoms with E-state index in [1.165, 1.54) is 37.7 Å². The van der Waals surface area contributed by atoms with Crippen LogP contribution in [0.15, 0.2) is 12.1 Å². The fraction of sp³-hybridized carbons (Fsp3) is 0.714. The topological polar surface area (TPSA) is 32.3 Å². The summed E-state index contributed by atoms with van der Waals surface area (Å²) in [5.74, 6) is 0.480. The molecule has 2 N–H and O–H groups in total. The second-order valence-electron chi connectivity index (χ2n) is 9.25. The highest BCUT2D eigenvalue weighted by Crippen LogP contribution is 2.37. The second-order valence-corrected chi connectivity index (χ2v) is 9.25. The lowest BCUT2D eigenvalue weighted by atomic mass is 9.79. The maximum atomic E-state index is 10.8. The van der Waals surface area contributed by atoms with E-state index in [0.717, 1.165) is 17.7 Å². The zero-order valence-corrected chi connectivity index (χ0v) is 15.9. The predicted octanol–water partition coefficient (Wildman–Crippen LogP) is 5.41. The molecular formula is C21H35NO. The number of aromatic hydroxyl groups is 1. The zero-order valence-electron chi connectivity index (χ0n) is 15.9. The van der Waals surface area contributed by atoms with Gasteiger partial charge in [0.2, 0.25) is 0 Å². The van der Waals surface area contributed by atoms with Gasteiger partial charge in [-0.15, -0.1) is 0 Å². The lowest BCUT2D eigenvalue weighted by Crippen LogP contribution is -2.30. The summed E-state index contributed by atoms with van der Waals surface area (Å²) in [7, 11) is 0. The maximum Gasteiger partial charge on any atom is 0.123 e. The van der Waals surface area contributed by atoms with E-state index in [1.807, 2.05) is 0 Å². The van der Waals surface area contributed by atoms with Gasteiger partial charge in [-0.2, -0.15) is 0 Å². The van der Waals surface area contributed by atoms with Gasteiger partial charge in [0, 0.05) is 18.2 Å². The van der Waals surface area contributed by atoms with Crippen LogP contribution in [0.4, 0.5) is 0 Å². The van der Waals surface area contributed by atoms with Gasteiger partial charge in [-0.05, 0) is 34.8 Å². The van der Waals surface area contributed by atoms with Crippen LogP contribution < -0.4 is 5.32 Å². The van der Waals surface area contributed by atoms with Crippen molar-refractivity contribution in [3.63, 3.8) is 0 Å². The number of nitrogens with one attached hydrogen (secondary N) is 1. The van der Waals surface area contributed by atoms with Gasteiger partial charge >= 0.3 is 0 Å². The normalized spacial score (nSPS) is 17.5. The minimum absolute atomic E-state index is 0.0507. The second kappa shape index (κ2) is 6.84. The Hall–Kier alpha value is -1.02. The average Bonchev–Trinajstić information content (AvgIpc) is 2.44. The van der Waals surface area contributed by atoms with E-state index in [2.05, 4.69) is 59.0 Å². The third kappa shape index (κ3) is 4.73. The molecule has 1 fully saturated rings. The molecule has 2 heteroatoms. The molecule has 0 heterocycles. The van der Waals surface area contributed by atoms with Crippen LogP contribution in [0, 0.1) is 0 Å². The smallest absolute Gasteiger partial charge is 0.123 e. The first-order chi connectivity index (χ1) is 10.6. The van der Waals surface area contributed by atoms with Crippen LogP contribution in [0.3, 0.4) is 0 Å². The highest BCUT2D eigenvalue weighted by Gasteiger charge is 2.25. The molecule has 0 radical (unpaired) electrons. The van der Waals surface area contributed by atoms with Crippen LogP contribution in [-0.2, 0) is 17.4 Å². The average molecular weight is 318 g/mol. The van der Waals surface area contributed by atoms with Crippen molar-refractivity contribution >= 4 is 0 Å². The van der Waals surface area contributed by atoms with Crippen LogP contribution in [0.1, 0.15) is 90.3 Å². The van der Waals surface area contributed by atoms with Crippen molar-refractivity contribution in [1.82, 2.24) is 5.32 Å². The Balaban J connectivity index is 2.29. The summed E-state index contributed by atoms with van der Waals surface area (Å²) in [4.78, 5) is 0. The van der Waals surface area contributed by atoms with E-state index >= 15 is 0 Å². The van der Waals surface area contributed by atoms with Gasteiger partial charge in [0.05, 0.1) is 0 Å². The molecular weight excluding hydrogens is 282 g/mol. The highest BCUT2D eigenvalue weighted by molar-refractivity contribution is 5.48. The molecule has 130 valence electrons. The van der Waals surface area contributed by atoms with E-state index < -0.39 is 0 Å². The summed E-state index contributed by atoms with van der Waals surface area (Å²) in [6, 6.07) is 5.00. The first-order valence-corrected chi connectivity index (χ1v) is 9.19. The first-order valence-electron chi connectivity index (χ1n) is 9.19. The molecule has 1 aliphatic carbocycles. The van der Waals surface area contributed by atoms with Gasteiger partial charge in [-0.1, -0.05) is 72.9 Å². The Morgan fingerprint density at radius 1 is 0.957 bits per heavy atom. The zero-order chi connectivity index (χ0) is 17.3. The Morgan fingerprint density at radius 3 is 2.09 bits per heavy atom. The molecule has 2 nitrogen and oxygen atoms in total. The maximum absolute atomic E-state index is 10.8. The summed E-state index contributed by atoms with van der Waals surface area (Å²) in [5, 5.41) is 14.5. The summed E-state index contributed by atoms with van der Waals surface area (Å²) in [6.45, 7) is 14.0. The van der Waals surface area contributed by atoms with Gasteiger partial charge in [0.25, 0.3) is 0 Å². The van der Waals surface area contributed by atoms with Crippen molar-refractivity contribution in [1.29, 1.82) is 0 Å². The van der Waals surface area contributed by atoms with Crippen molar-refractivity contribution in [3.8, 4) is 5.75 Å². The third-order valence-electron chi connectivity index (χ3n) is 5.05. The molecule has 0 atom stereocenters. The van der Waals surface area contributed by atoms with Crippen molar-refractivity contribution in [2.75, 3.05) is 0 Å². The SMILES string of the molecule is CC(C)(C)c1cc(CNC2CCCCC2)c(O)c(C(C)(C)C)c1. The molecule has 23 heavy (non-hydrogen) atoms. The van der Waals surface area contributed by atoms with E-state index in [0.29, 0.717) is 11.8 Å². The molecule has 1 aliphatic rings. The fourth-order valence-electron chi connectivity index (χ4n) is 3.40. The molecule has 0 saturated heterocycles. The Morgan fingerprint density at radius 2 is 1.57 bits per heavy atom. The minimum atomic E-state index is -0.0507. The quantitative estimate of drug-likeness (QED) is 0.781. The van der Waals surface area contributed by atoms with E-state index in [9.17, 15) is 5.11 Å². The molecule has 1 aromatic rings. The standard InChI is InChI=1S/C21H35NO/c1-20(2,3)16-12-15(14-22-17-10-8-7-9-11-17)19(23)18(13-16)21(4,5)6/h12-13,17,22-23H,7-11,14H2,1-6H3. The molecule has 1 aromatic carbocycles. The van der Waals surface area contributed by atoms with E-state index in [-0.39, 0.29) is 10.8 Å². The van der Waals surface area contributed by atoms with Crippen LogP contribution in [0.2, 0.25) is 0 Å². The Bertz CT molecular complexity index is 528. The summed E-state index contributed by atoms with van der Waals surface area (Å²) >= 11 is 0. The molecule has 0 aromatic heterocycles. The van der Waals surface area contributed by atoms with Crippen molar-refractivity contribution in [2.45, 2.75) is 97.1 Å². The van der Waals surface area contributed by atoms with Crippen LogP contribution in [0.5, 0.6) is 5.75 Å². The number of rotatable bonds is 3.